The maximum atomic E-state index is 5.14. The lowest BCUT2D eigenvalue weighted by atomic mass is 9.88. The lowest BCUT2D eigenvalue weighted by Crippen LogP contribution is -2.19. The van der Waals surface area contributed by atoms with Crippen molar-refractivity contribution in [2.45, 2.75) is 25.6 Å². The van der Waals surface area contributed by atoms with Crippen molar-refractivity contribution in [1.82, 2.24) is 0 Å². The van der Waals surface area contributed by atoms with Gasteiger partial charge in [-0.2, -0.15) is 0 Å². The second kappa shape index (κ2) is 0.648. The molecule has 34 valence electrons. The van der Waals surface area contributed by atoms with Crippen LogP contribution in [0.15, 0.2) is 0 Å². The van der Waals surface area contributed by atoms with Crippen molar-refractivity contribution >= 4 is 0 Å². The molecule has 0 radical (unpaired) electrons. The Morgan fingerprint density at radius 3 is 2.50 bits per heavy atom. The molecule has 0 aromatic rings. The maximum absolute atomic E-state index is 5.14. The molecular formula is C5H8O. The van der Waals surface area contributed by atoms with Crippen LogP contribution in [0.25, 0.3) is 0 Å². The van der Waals surface area contributed by atoms with E-state index < -0.39 is 0 Å². The third-order valence-electron chi connectivity index (χ3n) is 1.79. The van der Waals surface area contributed by atoms with Gasteiger partial charge in [0.15, 0.2) is 0 Å². The van der Waals surface area contributed by atoms with Crippen LogP contribution in [0.3, 0.4) is 0 Å². The minimum Gasteiger partial charge on any atom is -0.369 e. The molecule has 1 heterocycles. The van der Waals surface area contributed by atoms with E-state index in [0.29, 0.717) is 12.2 Å². The molecule has 2 aliphatic rings. The molecule has 2 rings (SSSR count). The Balaban J connectivity index is 2.08. The van der Waals surface area contributed by atoms with Crippen molar-refractivity contribution in [2.75, 3.05) is 0 Å². The fourth-order valence-corrected chi connectivity index (χ4v) is 1.15. The highest BCUT2D eigenvalue weighted by molar-refractivity contribution is 5.00. The average molecular weight is 84.1 g/mol. The summed E-state index contributed by atoms with van der Waals surface area (Å²) in [6, 6.07) is 0. The lowest BCUT2D eigenvalue weighted by Gasteiger charge is -2.11. The molecule has 3 atom stereocenters. The number of hydrogen-bond acceptors (Lipinski definition) is 1. The monoisotopic (exact) mass is 84.1 g/mol. The van der Waals surface area contributed by atoms with Crippen LogP contribution in [0.4, 0.5) is 0 Å². The van der Waals surface area contributed by atoms with Gasteiger partial charge in [0.05, 0.1) is 12.2 Å². The zero-order chi connectivity index (χ0) is 4.15. The smallest absolute Gasteiger partial charge is 0.0868 e. The first-order valence-corrected chi connectivity index (χ1v) is 2.53. The predicted octanol–water partition coefficient (Wildman–Crippen LogP) is 0.794. The molecule has 0 aromatic heterocycles. The number of rotatable bonds is 0. The van der Waals surface area contributed by atoms with Gasteiger partial charge in [0.2, 0.25) is 0 Å². The molecule has 0 amide bonds. The van der Waals surface area contributed by atoms with Gasteiger partial charge in [0, 0.05) is 0 Å². The van der Waals surface area contributed by atoms with Crippen molar-refractivity contribution in [3.63, 3.8) is 0 Å². The van der Waals surface area contributed by atoms with Crippen molar-refractivity contribution < 1.29 is 4.74 Å². The van der Waals surface area contributed by atoms with E-state index in [-0.39, 0.29) is 0 Å². The van der Waals surface area contributed by atoms with Gasteiger partial charge in [0.1, 0.15) is 0 Å². The first kappa shape index (κ1) is 3.03. The van der Waals surface area contributed by atoms with Gasteiger partial charge in [0.25, 0.3) is 0 Å². The van der Waals surface area contributed by atoms with Crippen LogP contribution in [-0.4, -0.2) is 12.2 Å². The summed E-state index contributed by atoms with van der Waals surface area (Å²) < 4.78 is 5.14. The molecule has 6 heavy (non-hydrogen) atoms. The van der Waals surface area contributed by atoms with E-state index >= 15 is 0 Å². The highest BCUT2D eigenvalue weighted by Crippen LogP contribution is 2.45. The molecule has 1 saturated heterocycles. The fraction of sp³-hybridized carbons (Fsp3) is 1.00. The van der Waals surface area contributed by atoms with E-state index in [1.165, 1.54) is 6.42 Å². The summed E-state index contributed by atoms with van der Waals surface area (Å²) >= 11 is 0. The Bertz CT molecular complexity index is 80.0. The average Bonchev–Trinajstić information content (AvgIpc) is 2.12. The molecule has 0 N–H and O–H groups in total. The zero-order valence-corrected chi connectivity index (χ0v) is 3.85. The first-order valence-electron chi connectivity index (χ1n) is 2.53. The number of epoxide rings is 1. The maximum Gasteiger partial charge on any atom is 0.0868 e. The number of hydrogen-bond donors (Lipinski definition) is 0. The van der Waals surface area contributed by atoms with Gasteiger partial charge in [-0.3, -0.25) is 0 Å². The van der Waals surface area contributed by atoms with E-state index in [1.54, 1.807) is 0 Å². The Morgan fingerprint density at radius 1 is 1.67 bits per heavy atom. The normalized spacial score (nSPS) is 62.5. The Hall–Kier alpha value is -0.0400. The molecule has 1 heteroatoms. The molecule has 0 spiro atoms. The van der Waals surface area contributed by atoms with E-state index in [0.717, 1.165) is 5.92 Å². The zero-order valence-electron chi connectivity index (χ0n) is 3.85. The van der Waals surface area contributed by atoms with E-state index in [4.69, 9.17) is 4.74 Å². The van der Waals surface area contributed by atoms with Crippen LogP contribution in [-0.2, 0) is 4.74 Å². The van der Waals surface area contributed by atoms with Gasteiger partial charge in [-0.05, 0) is 12.3 Å². The molecular weight excluding hydrogens is 76.1 g/mol. The summed E-state index contributed by atoms with van der Waals surface area (Å²) in [4.78, 5) is 0. The number of ether oxygens (including phenoxy) is 1. The van der Waals surface area contributed by atoms with Crippen molar-refractivity contribution in [3.05, 3.63) is 0 Å². The SMILES string of the molecule is CC1CC2OC12. The highest BCUT2D eigenvalue weighted by atomic mass is 16.6. The summed E-state index contributed by atoms with van der Waals surface area (Å²) in [5.74, 6) is 0.884. The standard InChI is InChI=1S/C5H8O/c1-3-2-4-5(3)6-4/h3-5H,2H2,1H3. The van der Waals surface area contributed by atoms with Crippen LogP contribution in [0, 0.1) is 5.92 Å². The molecule has 1 aliphatic carbocycles. The molecule has 1 nitrogen and oxygen atoms in total. The van der Waals surface area contributed by atoms with Crippen LogP contribution in [0.5, 0.6) is 0 Å². The molecule has 0 aromatic carbocycles. The fourth-order valence-electron chi connectivity index (χ4n) is 1.15. The van der Waals surface area contributed by atoms with Crippen LogP contribution >= 0.6 is 0 Å². The first-order chi connectivity index (χ1) is 2.88. The minimum atomic E-state index is 0.699. The Morgan fingerprint density at radius 2 is 2.50 bits per heavy atom. The van der Waals surface area contributed by atoms with E-state index in [9.17, 15) is 0 Å². The van der Waals surface area contributed by atoms with Crippen LogP contribution in [0.1, 0.15) is 13.3 Å². The van der Waals surface area contributed by atoms with E-state index in [1.807, 2.05) is 0 Å². The van der Waals surface area contributed by atoms with Crippen molar-refractivity contribution in [3.8, 4) is 0 Å². The van der Waals surface area contributed by atoms with Gasteiger partial charge in [-0.1, -0.05) is 6.92 Å². The van der Waals surface area contributed by atoms with Gasteiger partial charge in [-0.25, -0.2) is 0 Å². The van der Waals surface area contributed by atoms with Crippen molar-refractivity contribution in [1.29, 1.82) is 0 Å². The minimum absolute atomic E-state index is 0.699. The molecule has 2 fully saturated rings. The number of fused-ring (bicyclic) bond motifs is 1. The Kier molecular flexibility index (Phi) is 0.327. The molecule has 1 aliphatic heterocycles. The van der Waals surface area contributed by atoms with Crippen LogP contribution in [0.2, 0.25) is 0 Å². The van der Waals surface area contributed by atoms with E-state index in [2.05, 4.69) is 6.92 Å². The quantitative estimate of drug-likeness (QED) is 0.395. The highest BCUT2D eigenvalue weighted by Gasteiger charge is 2.53. The molecule has 0 bridgehead atoms. The Labute approximate surface area is 37.3 Å². The largest absolute Gasteiger partial charge is 0.369 e. The molecule has 3 unspecified atom stereocenters. The summed E-state index contributed by atoms with van der Waals surface area (Å²) in [5, 5.41) is 0. The van der Waals surface area contributed by atoms with Gasteiger partial charge in [-0.15, -0.1) is 0 Å². The topological polar surface area (TPSA) is 12.5 Å². The summed E-state index contributed by atoms with van der Waals surface area (Å²) in [6.45, 7) is 2.24. The third-order valence-corrected chi connectivity index (χ3v) is 1.79. The lowest BCUT2D eigenvalue weighted by molar-refractivity contribution is 0.388. The second-order valence-corrected chi connectivity index (χ2v) is 2.35. The van der Waals surface area contributed by atoms with Gasteiger partial charge < -0.3 is 4.74 Å². The van der Waals surface area contributed by atoms with Crippen molar-refractivity contribution in [2.24, 2.45) is 5.92 Å². The predicted molar refractivity (Wildman–Crippen MR) is 22.4 cm³/mol. The second-order valence-electron chi connectivity index (χ2n) is 2.35. The van der Waals surface area contributed by atoms with Gasteiger partial charge >= 0.3 is 0 Å². The summed E-state index contributed by atoms with van der Waals surface area (Å²) in [7, 11) is 0. The summed E-state index contributed by atoms with van der Waals surface area (Å²) in [6.07, 6.45) is 2.73. The molecule has 1 saturated carbocycles. The summed E-state index contributed by atoms with van der Waals surface area (Å²) in [5.41, 5.74) is 0. The third kappa shape index (κ3) is 0.178. The van der Waals surface area contributed by atoms with Crippen LogP contribution < -0.4 is 0 Å².